The number of quaternary nitrogens is 1. The number of carbonyl (C=O) groups is 3. The molecule has 0 aromatic carbocycles. The molecule has 0 aromatic rings. The highest BCUT2D eigenvalue weighted by Gasteiger charge is 2.31. The van der Waals surface area contributed by atoms with Crippen molar-refractivity contribution in [1.29, 1.82) is 0 Å². The van der Waals surface area contributed by atoms with E-state index >= 15 is 0 Å². The normalized spacial score (nSPS) is 13.2. The number of rotatable bonds is 46. The highest BCUT2D eigenvalue weighted by atomic mass is 16.6. The van der Waals surface area contributed by atoms with E-state index in [0.717, 1.165) is 64.2 Å². The number of unbranched alkanes of at least 4 members (excludes halogenated alkanes) is 24. The molecule has 360 valence electrons. The SMILES string of the molecule is CCCCC/C=C\C/C=C\C/C=C\CCCCCCCCC(=O)OC(COCCC(C(=O)O)[N+](C)(C)C)COC(=O)CCCCCCCCCCC/C=C\CCCCCCCC. The molecule has 0 aliphatic rings. The molecule has 0 spiro atoms. The molecule has 0 aliphatic carbocycles. The lowest BCUT2D eigenvalue weighted by atomic mass is 10.1. The lowest BCUT2D eigenvalue weighted by Gasteiger charge is -2.31. The van der Waals surface area contributed by atoms with Crippen LogP contribution in [0.25, 0.3) is 0 Å². The summed E-state index contributed by atoms with van der Waals surface area (Å²) in [6.45, 7) is 4.71. The number of aliphatic carboxylic acids is 1. The van der Waals surface area contributed by atoms with E-state index in [-0.39, 0.29) is 36.2 Å². The number of hydrogen-bond donors (Lipinski definition) is 1. The van der Waals surface area contributed by atoms with E-state index in [1.165, 1.54) is 128 Å². The Labute approximate surface area is 382 Å². The van der Waals surface area contributed by atoms with Crippen molar-refractivity contribution in [2.75, 3.05) is 41.0 Å². The molecule has 0 fully saturated rings. The molecule has 8 nitrogen and oxygen atoms in total. The number of nitrogens with zero attached hydrogens (tertiary/aromatic N) is 1. The van der Waals surface area contributed by atoms with E-state index in [2.05, 4.69) is 62.5 Å². The minimum absolute atomic E-state index is 0.0553. The first kappa shape index (κ1) is 59.3. The summed E-state index contributed by atoms with van der Waals surface area (Å²) in [6, 6.07) is -0.619. The van der Waals surface area contributed by atoms with Gasteiger partial charge in [0.15, 0.2) is 12.1 Å². The van der Waals surface area contributed by atoms with Gasteiger partial charge < -0.3 is 23.8 Å². The second-order valence-corrected chi connectivity index (χ2v) is 18.4. The molecule has 2 unspecified atom stereocenters. The maximum absolute atomic E-state index is 12.8. The van der Waals surface area contributed by atoms with Crippen LogP contribution in [0.5, 0.6) is 0 Å². The van der Waals surface area contributed by atoms with Gasteiger partial charge in [0, 0.05) is 19.3 Å². The Kier molecular flexibility index (Phi) is 42.9. The Morgan fingerprint density at radius 1 is 0.484 bits per heavy atom. The molecule has 0 radical (unpaired) electrons. The van der Waals surface area contributed by atoms with Crippen LogP contribution in [-0.2, 0) is 28.6 Å². The molecule has 0 saturated heterocycles. The average molecular weight is 873 g/mol. The van der Waals surface area contributed by atoms with Gasteiger partial charge in [0.25, 0.3) is 0 Å². The van der Waals surface area contributed by atoms with Gasteiger partial charge >= 0.3 is 17.9 Å². The number of esters is 2. The van der Waals surface area contributed by atoms with E-state index in [9.17, 15) is 19.5 Å². The van der Waals surface area contributed by atoms with Crippen LogP contribution in [0.1, 0.15) is 226 Å². The standard InChI is InChI=1S/C54H97NO7/c1-6-8-10-12-14-16-18-20-22-24-26-28-30-32-34-36-38-40-42-44-52(56)61-49-50(48-60-47-46-51(54(58)59)55(3,4)5)62-53(57)45-43-41-39-37-35-33-31-29-27-25-23-21-19-17-15-13-11-9-7-2/h15,17,20-23,27,29,50-51H,6-14,16,18-19,24-26,28,30-49H2,1-5H3/p+1/b17-15-,22-20-,23-21-,29-27-. The maximum Gasteiger partial charge on any atom is 0.362 e. The van der Waals surface area contributed by atoms with Crippen molar-refractivity contribution >= 4 is 17.9 Å². The molecule has 8 heteroatoms. The Bertz CT molecular complexity index is 1150. The van der Waals surface area contributed by atoms with Crippen molar-refractivity contribution < 1.29 is 38.2 Å². The Morgan fingerprint density at radius 3 is 1.31 bits per heavy atom. The summed E-state index contributed by atoms with van der Waals surface area (Å²) in [6.07, 6.45) is 54.4. The summed E-state index contributed by atoms with van der Waals surface area (Å²) in [7, 11) is 5.53. The van der Waals surface area contributed by atoms with Crippen LogP contribution in [0.4, 0.5) is 0 Å². The van der Waals surface area contributed by atoms with Crippen LogP contribution < -0.4 is 0 Å². The zero-order valence-corrected chi connectivity index (χ0v) is 41.1. The molecule has 0 rings (SSSR count). The predicted molar refractivity (Wildman–Crippen MR) is 261 cm³/mol. The van der Waals surface area contributed by atoms with Crippen LogP contribution in [0.2, 0.25) is 0 Å². The van der Waals surface area contributed by atoms with Crippen molar-refractivity contribution in [3.8, 4) is 0 Å². The Morgan fingerprint density at radius 2 is 0.855 bits per heavy atom. The third-order valence-electron chi connectivity index (χ3n) is 11.5. The van der Waals surface area contributed by atoms with Crippen molar-refractivity contribution in [3.63, 3.8) is 0 Å². The molecule has 1 N–H and O–H groups in total. The summed E-state index contributed by atoms with van der Waals surface area (Å²) >= 11 is 0. The van der Waals surface area contributed by atoms with Gasteiger partial charge in [-0.05, 0) is 77.0 Å². The molecule has 0 aromatic heterocycles. The molecular formula is C54H98NO7+. The van der Waals surface area contributed by atoms with Gasteiger partial charge in [-0.3, -0.25) is 9.59 Å². The van der Waals surface area contributed by atoms with Gasteiger partial charge in [-0.2, -0.15) is 0 Å². The molecule has 2 atom stereocenters. The molecule has 0 aliphatic heterocycles. The first-order valence-corrected chi connectivity index (χ1v) is 25.7. The minimum Gasteiger partial charge on any atom is -0.477 e. The quantitative estimate of drug-likeness (QED) is 0.0281. The second kappa shape index (κ2) is 44.9. The summed E-state index contributed by atoms with van der Waals surface area (Å²) in [5.74, 6) is -1.48. The number of carbonyl (C=O) groups excluding carboxylic acids is 2. The van der Waals surface area contributed by atoms with Crippen LogP contribution in [0.15, 0.2) is 48.6 Å². The zero-order chi connectivity index (χ0) is 45.6. The molecule has 62 heavy (non-hydrogen) atoms. The van der Waals surface area contributed by atoms with E-state index in [4.69, 9.17) is 14.2 Å². The first-order valence-electron chi connectivity index (χ1n) is 25.7. The number of carboxylic acids is 1. The number of ether oxygens (including phenoxy) is 3. The zero-order valence-electron chi connectivity index (χ0n) is 41.1. The fourth-order valence-electron chi connectivity index (χ4n) is 7.45. The second-order valence-electron chi connectivity index (χ2n) is 18.4. The molecule has 0 heterocycles. The smallest absolute Gasteiger partial charge is 0.362 e. The summed E-state index contributed by atoms with van der Waals surface area (Å²) < 4.78 is 17.3. The minimum atomic E-state index is -0.877. The van der Waals surface area contributed by atoms with Crippen molar-refractivity contribution in [2.24, 2.45) is 0 Å². The Hall–Kier alpha value is -2.71. The lowest BCUT2D eigenvalue weighted by molar-refractivity contribution is -0.887. The predicted octanol–water partition coefficient (Wildman–Crippen LogP) is 14.8. The van der Waals surface area contributed by atoms with Crippen LogP contribution in [0, 0.1) is 0 Å². The van der Waals surface area contributed by atoms with E-state index < -0.39 is 18.1 Å². The van der Waals surface area contributed by atoms with E-state index in [1.54, 1.807) is 0 Å². The van der Waals surface area contributed by atoms with Crippen molar-refractivity contribution in [1.82, 2.24) is 0 Å². The van der Waals surface area contributed by atoms with Gasteiger partial charge in [-0.15, -0.1) is 0 Å². The van der Waals surface area contributed by atoms with E-state index in [1.807, 2.05) is 21.1 Å². The Balaban J connectivity index is 4.28. The molecule has 0 saturated carbocycles. The van der Waals surface area contributed by atoms with Crippen LogP contribution in [-0.4, -0.2) is 80.6 Å². The molecule has 0 bridgehead atoms. The third-order valence-corrected chi connectivity index (χ3v) is 11.5. The van der Waals surface area contributed by atoms with E-state index in [0.29, 0.717) is 19.3 Å². The average Bonchev–Trinajstić information content (AvgIpc) is 3.23. The number of allylic oxidation sites excluding steroid dienone is 8. The highest BCUT2D eigenvalue weighted by Crippen LogP contribution is 2.15. The van der Waals surface area contributed by atoms with Gasteiger partial charge in [0.2, 0.25) is 0 Å². The summed E-state index contributed by atoms with van der Waals surface area (Å²) in [5.41, 5.74) is 0. The largest absolute Gasteiger partial charge is 0.477 e. The fourth-order valence-corrected chi connectivity index (χ4v) is 7.45. The van der Waals surface area contributed by atoms with Crippen molar-refractivity contribution in [3.05, 3.63) is 48.6 Å². The first-order chi connectivity index (χ1) is 30.1. The fraction of sp³-hybridized carbons (Fsp3) is 0.796. The third kappa shape index (κ3) is 42.6. The van der Waals surface area contributed by atoms with Gasteiger partial charge in [0.1, 0.15) is 6.61 Å². The summed E-state index contributed by atoms with van der Waals surface area (Å²) in [5, 5.41) is 9.65. The van der Waals surface area contributed by atoms with Gasteiger partial charge in [-0.1, -0.05) is 178 Å². The van der Waals surface area contributed by atoms with Crippen LogP contribution >= 0.6 is 0 Å². The maximum atomic E-state index is 12.8. The molecular weight excluding hydrogens is 775 g/mol. The molecule has 0 amide bonds. The topological polar surface area (TPSA) is 99.1 Å². The van der Waals surface area contributed by atoms with Gasteiger partial charge in [-0.25, -0.2) is 4.79 Å². The highest BCUT2D eigenvalue weighted by molar-refractivity contribution is 5.72. The lowest BCUT2D eigenvalue weighted by Crippen LogP contribution is -2.50. The number of hydrogen-bond acceptors (Lipinski definition) is 6. The van der Waals surface area contributed by atoms with Crippen molar-refractivity contribution in [2.45, 2.75) is 238 Å². The van der Waals surface area contributed by atoms with Crippen LogP contribution in [0.3, 0.4) is 0 Å². The number of likely N-dealkylation sites (N-methyl/N-ethyl adjacent to an activating group) is 1. The monoisotopic (exact) mass is 873 g/mol. The summed E-state index contributed by atoms with van der Waals surface area (Å²) in [4.78, 5) is 37.2. The number of carboxylic acid groups (broad SMARTS) is 1. The van der Waals surface area contributed by atoms with Gasteiger partial charge in [0.05, 0.1) is 34.4 Å².